The molecule has 3 aromatic rings. The molecule has 0 aliphatic heterocycles. The number of fused-ring (bicyclic) bond motifs is 1. The van der Waals surface area contributed by atoms with Gasteiger partial charge < -0.3 is 10.1 Å². The Morgan fingerprint density at radius 2 is 1.82 bits per heavy atom. The molecule has 0 bridgehead atoms. The Morgan fingerprint density at radius 1 is 1.15 bits per heavy atom. The average Bonchev–Trinajstić information content (AvgIpc) is 2.78. The fraction of sp³-hybridized carbons (Fsp3) is 0.364. The molecule has 2 aromatic heterocycles. The van der Waals surface area contributed by atoms with Gasteiger partial charge in [-0.05, 0) is 37.1 Å². The Balaban J connectivity index is 1.88. The number of amides is 1. The summed E-state index contributed by atoms with van der Waals surface area (Å²) in [5.41, 5.74) is 0.208. The van der Waals surface area contributed by atoms with Crippen molar-refractivity contribution in [3.05, 3.63) is 56.5 Å². The Labute approximate surface area is 194 Å². The molecule has 0 unspecified atom stereocenters. The van der Waals surface area contributed by atoms with E-state index in [-0.39, 0.29) is 28.6 Å². The maximum atomic E-state index is 12.9. The summed E-state index contributed by atoms with van der Waals surface area (Å²) in [5.74, 6) is -0.244. The first kappa shape index (κ1) is 24.2. The Bertz CT molecular complexity index is 1330. The summed E-state index contributed by atoms with van der Waals surface area (Å²) in [7, 11) is 2.71. The highest BCUT2D eigenvalue weighted by Gasteiger charge is 2.19. The number of aryl methyl sites for hydroxylation is 1. The predicted molar refractivity (Wildman–Crippen MR) is 126 cm³/mol. The Hall–Kier alpha value is -3.47. The van der Waals surface area contributed by atoms with Crippen LogP contribution in [-0.4, -0.2) is 43.8 Å². The summed E-state index contributed by atoms with van der Waals surface area (Å²) in [6.07, 6.45) is 0. The SMILES string of the molecule is COC(=O)c1ccc(NC(=O)CSc2nc(C)nc3c2c(=O)n(C)c(=O)n3CC(C)C)cc1. The van der Waals surface area contributed by atoms with Crippen molar-refractivity contribution in [1.82, 2.24) is 19.1 Å². The van der Waals surface area contributed by atoms with E-state index in [4.69, 9.17) is 0 Å². The molecule has 1 amide bonds. The minimum Gasteiger partial charge on any atom is -0.465 e. The number of nitrogens with zero attached hydrogens (tertiary/aromatic N) is 4. The molecule has 10 nitrogen and oxygen atoms in total. The summed E-state index contributed by atoms with van der Waals surface area (Å²) in [6.45, 7) is 6.00. The van der Waals surface area contributed by atoms with Crippen LogP contribution in [0.5, 0.6) is 0 Å². The summed E-state index contributed by atoms with van der Waals surface area (Å²) < 4.78 is 7.17. The van der Waals surface area contributed by atoms with Crippen molar-refractivity contribution < 1.29 is 14.3 Å². The number of anilines is 1. The van der Waals surface area contributed by atoms with Crippen LogP contribution in [-0.2, 0) is 23.1 Å². The highest BCUT2D eigenvalue weighted by molar-refractivity contribution is 8.00. The van der Waals surface area contributed by atoms with Gasteiger partial charge in [0.1, 0.15) is 16.2 Å². The number of nitrogens with one attached hydrogen (secondary N) is 1. The van der Waals surface area contributed by atoms with Crippen molar-refractivity contribution >= 4 is 40.4 Å². The van der Waals surface area contributed by atoms with Gasteiger partial charge in [-0.15, -0.1) is 0 Å². The molecule has 0 atom stereocenters. The molecule has 0 aliphatic rings. The zero-order chi connectivity index (χ0) is 24.3. The van der Waals surface area contributed by atoms with Gasteiger partial charge in [-0.3, -0.25) is 18.7 Å². The number of benzene rings is 1. The van der Waals surface area contributed by atoms with Crippen LogP contribution < -0.4 is 16.6 Å². The van der Waals surface area contributed by atoms with Gasteiger partial charge in [0.2, 0.25) is 5.91 Å². The Morgan fingerprint density at radius 3 is 2.42 bits per heavy atom. The van der Waals surface area contributed by atoms with Crippen molar-refractivity contribution in [2.24, 2.45) is 13.0 Å². The molecule has 0 spiro atoms. The summed E-state index contributed by atoms with van der Waals surface area (Å²) >= 11 is 1.09. The van der Waals surface area contributed by atoms with E-state index in [1.165, 1.54) is 18.7 Å². The first-order valence-corrected chi connectivity index (χ1v) is 11.2. The van der Waals surface area contributed by atoms with Crippen LogP contribution in [0.2, 0.25) is 0 Å². The molecule has 0 aliphatic carbocycles. The number of rotatable bonds is 7. The van der Waals surface area contributed by atoms with Gasteiger partial charge in [0.05, 0.1) is 18.4 Å². The molecule has 0 saturated heterocycles. The lowest BCUT2D eigenvalue weighted by molar-refractivity contribution is -0.113. The van der Waals surface area contributed by atoms with Crippen LogP contribution in [0.25, 0.3) is 11.0 Å². The van der Waals surface area contributed by atoms with E-state index in [0.29, 0.717) is 28.6 Å². The van der Waals surface area contributed by atoms with E-state index in [1.54, 1.807) is 31.2 Å². The topological polar surface area (TPSA) is 125 Å². The predicted octanol–water partition coefficient (Wildman–Crippen LogP) is 1.97. The first-order chi connectivity index (χ1) is 15.6. The van der Waals surface area contributed by atoms with Gasteiger partial charge >= 0.3 is 11.7 Å². The van der Waals surface area contributed by atoms with Gasteiger partial charge in [0.25, 0.3) is 5.56 Å². The highest BCUT2D eigenvalue weighted by Crippen LogP contribution is 2.23. The molecular weight excluding hydrogens is 446 g/mol. The second-order valence-corrected chi connectivity index (χ2v) is 8.80. The van der Waals surface area contributed by atoms with Crippen molar-refractivity contribution in [3.63, 3.8) is 0 Å². The number of aromatic nitrogens is 4. The molecule has 1 aromatic carbocycles. The van der Waals surface area contributed by atoms with Crippen molar-refractivity contribution in [3.8, 4) is 0 Å². The lowest BCUT2D eigenvalue weighted by atomic mass is 10.2. The summed E-state index contributed by atoms with van der Waals surface area (Å²) in [4.78, 5) is 58.3. The van der Waals surface area contributed by atoms with Gasteiger partial charge in [0, 0.05) is 19.3 Å². The number of esters is 1. The quantitative estimate of drug-likeness (QED) is 0.315. The lowest BCUT2D eigenvalue weighted by Crippen LogP contribution is -2.39. The van der Waals surface area contributed by atoms with E-state index >= 15 is 0 Å². The van der Waals surface area contributed by atoms with Crippen LogP contribution >= 0.6 is 11.8 Å². The number of ether oxygens (including phenoxy) is 1. The van der Waals surface area contributed by atoms with E-state index < -0.39 is 17.2 Å². The maximum Gasteiger partial charge on any atom is 0.337 e. The zero-order valence-electron chi connectivity index (χ0n) is 19.0. The number of methoxy groups -OCH3 is 1. The molecule has 0 fully saturated rings. The first-order valence-electron chi connectivity index (χ1n) is 10.2. The van der Waals surface area contributed by atoms with Gasteiger partial charge in [-0.1, -0.05) is 25.6 Å². The number of thioether (sulfide) groups is 1. The molecule has 11 heteroatoms. The second-order valence-electron chi connectivity index (χ2n) is 7.83. The molecule has 2 heterocycles. The van der Waals surface area contributed by atoms with Gasteiger partial charge in [-0.25, -0.2) is 19.6 Å². The third-order valence-corrected chi connectivity index (χ3v) is 5.71. The third kappa shape index (κ3) is 5.30. The molecule has 0 radical (unpaired) electrons. The van der Waals surface area contributed by atoms with Crippen LogP contribution in [0.1, 0.15) is 30.0 Å². The monoisotopic (exact) mass is 471 g/mol. The van der Waals surface area contributed by atoms with E-state index in [1.807, 2.05) is 13.8 Å². The average molecular weight is 472 g/mol. The number of carbonyl (C=O) groups is 2. The highest BCUT2D eigenvalue weighted by atomic mass is 32.2. The number of hydrogen-bond acceptors (Lipinski definition) is 8. The Kier molecular flexibility index (Phi) is 7.32. The smallest absolute Gasteiger partial charge is 0.337 e. The standard InChI is InChI=1S/C22H25N5O5S/c1-12(2)10-27-18-17(20(29)26(4)22(27)31)19(24-13(3)23-18)33-11-16(28)25-15-8-6-14(7-9-15)21(30)32-5/h6-9,12H,10-11H2,1-5H3,(H,25,28). The van der Waals surface area contributed by atoms with Crippen LogP contribution in [0, 0.1) is 12.8 Å². The fourth-order valence-corrected chi connectivity index (χ4v) is 4.07. The van der Waals surface area contributed by atoms with Crippen molar-refractivity contribution in [2.45, 2.75) is 32.3 Å². The number of carbonyl (C=O) groups excluding carboxylic acids is 2. The molecule has 0 saturated carbocycles. The van der Waals surface area contributed by atoms with Crippen LogP contribution in [0.3, 0.4) is 0 Å². The van der Waals surface area contributed by atoms with E-state index in [0.717, 1.165) is 16.3 Å². The minimum absolute atomic E-state index is 0.0171. The summed E-state index contributed by atoms with van der Waals surface area (Å²) in [6, 6.07) is 6.29. The van der Waals surface area contributed by atoms with Crippen LogP contribution in [0.4, 0.5) is 5.69 Å². The zero-order valence-corrected chi connectivity index (χ0v) is 19.9. The largest absolute Gasteiger partial charge is 0.465 e. The normalized spacial score (nSPS) is 11.1. The lowest BCUT2D eigenvalue weighted by Gasteiger charge is -2.15. The second kappa shape index (κ2) is 9.99. The van der Waals surface area contributed by atoms with Crippen LogP contribution in [0.15, 0.2) is 38.9 Å². The van der Waals surface area contributed by atoms with Gasteiger partial charge in [-0.2, -0.15) is 0 Å². The van der Waals surface area contributed by atoms with Crippen molar-refractivity contribution in [1.29, 1.82) is 0 Å². The molecule has 1 N–H and O–H groups in total. The molecular formula is C22H25N5O5S. The fourth-order valence-electron chi connectivity index (χ4n) is 3.21. The maximum absolute atomic E-state index is 12.9. The van der Waals surface area contributed by atoms with Crippen molar-refractivity contribution in [2.75, 3.05) is 18.2 Å². The number of hydrogen-bond donors (Lipinski definition) is 1. The van der Waals surface area contributed by atoms with Gasteiger partial charge in [0.15, 0.2) is 5.65 Å². The molecule has 33 heavy (non-hydrogen) atoms. The molecule has 174 valence electrons. The van der Waals surface area contributed by atoms with E-state index in [2.05, 4.69) is 20.0 Å². The minimum atomic E-state index is -0.503. The molecule has 3 rings (SSSR count). The summed E-state index contributed by atoms with van der Waals surface area (Å²) in [5, 5.41) is 3.29. The third-order valence-electron chi connectivity index (χ3n) is 4.74. The van der Waals surface area contributed by atoms with E-state index in [9.17, 15) is 19.2 Å².